The molecule has 0 aromatic rings. The van der Waals surface area contributed by atoms with Crippen molar-refractivity contribution in [2.24, 2.45) is 0 Å². The van der Waals surface area contributed by atoms with Gasteiger partial charge in [-0.05, 0) is 0 Å². The smallest absolute Gasteiger partial charge is 0.0795 e. The van der Waals surface area contributed by atoms with Gasteiger partial charge in [0.05, 0.1) is 6.33 Å². The van der Waals surface area contributed by atoms with E-state index in [1.165, 1.54) is 0 Å². The number of halogens is 1. The van der Waals surface area contributed by atoms with Gasteiger partial charge in [0.15, 0.2) is 0 Å². The molecule has 2 heteroatoms. The predicted octanol–water partition coefficient (Wildman–Crippen LogP) is 1.24. The minimum Gasteiger partial charge on any atom is -0.216 e. The fourth-order valence-electron chi connectivity index (χ4n) is 0. The number of nitrogens with zero attached hydrogens (tertiary/aromatic N) is 1. The molecule has 0 bridgehead atoms. The zero-order chi connectivity index (χ0) is 4.71. The molecule has 0 rings (SSSR count). The van der Waals surface area contributed by atoms with Crippen molar-refractivity contribution < 1.29 is 4.39 Å². The minimum atomic E-state index is 0.250. The summed E-state index contributed by atoms with van der Waals surface area (Å²) >= 11 is 0. The van der Waals surface area contributed by atoms with Crippen LogP contribution in [-0.2, 0) is 0 Å². The molecule has 0 aliphatic heterocycles. The second-order valence-electron chi connectivity index (χ2n) is 0.154. The highest BCUT2D eigenvalue weighted by atomic mass is 19.1. The normalized spacial score (nSPS) is 3.00. The van der Waals surface area contributed by atoms with Crippen LogP contribution in [0, 0.1) is 11.8 Å². The monoisotopic (exact) mass is 73.0 g/mol. The maximum atomic E-state index is 10.1. The first-order chi connectivity index (χ1) is 2.41. The lowest BCUT2D eigenvalue weighted by Gasteiger charge is -1.28. The Morgan fingerprint density at radius 2 is 1.80 bits per heavy atom. The lowest BCUT2D eigenvalue weighted by Crippen LogP contribution is -0.990. The largest absolute Gasteiger partial charge is 0.216 e. The van der Waals surface area contributed by atoms with Gasteiger partial charge < -0.3 is 0 Å². The van der Waals surface area contributed by atoms with E-state index < -0.39 is 0 Å². The van der Waals surface area contributed by atoms with Crippen LogP contribution in [0.15, 0.2) is 12.9 Å². The summed E-state index contributed by atoms with van der Waals surface area (Å²) in [6, 6.07) is 0. The Morgan fingerprint density at radius 1 is 1.80 bits per heavy atom. The summed E-state index contributed by atoms with van der Waals surface area (Å²) in [7, 11) is 0. The second kappa shape index (κ2) is 576. The Bertz CT molecular complexity index is 31.1. The summed E-state index contributed by atoms with van der Waals surface area (Å²) in [5, 5.41) is 6.50. The van der Waals surface area contributed by atoms with Crippen molar-refractivity contribution >= 4 is 0 Å². The zero-order valence-electron chi connectivity index (χ0n) is 2.69. The highest BCUT2D eigenvalue weighted by molar-refractivity contribution is 4.39. The van der Waals surface area contributed by atoms with Crippen molar-refractivity contribution in [2.75, 3.05) is 0 Å². The van der Waals surface area contributed by atoms with Gasteiger partial charge >= 0.3 is 0 Å². The first kappa shape index (κ1) is 8.90. The highest BCUT2D eigenvalue weighted by Gasteiger charge is 1.19. The molecule has 0 fully saturated rings. The second-order valence-corrected chi connectivity index (χ2v) is 0.154. The van der Waals surface area contributed by atoms with Gasteiger partial charge in [0.25, 0.3) is 0 Å². The Kier molecular flexibility index (Phi) is 1030. The van der Waals surface area contributed by atoms with Crippen LogP contribution in [-0.4, -0.2) is 0 Å². The summed E-state index contributed by atoms with van der Waals surface area (Å²) in [4.78, 5) is 0. The van der Waals surface area contributed by atoms with E-state index >= 15 is 0 Å². The SMILES string of the molecule is C#N.C=CF. The van der Waals surface area contributed by atoms with E-state index in [0.29, 0.717) is 0 Å². The van der Waals surface area contributed by atoms with E-state index in [9.17, 15) is 4.39 Å². The maximum absolute atomic E-state index is 10.1. The molecule has 0 heterocycles. The average Bonchev–Trinajstić information content (AvgIpc) is 1.46. The van der Waals surface area contributed by atoms with E-state index in [1.807, 2.05) is 0 Å². The third-order valence-corrected chi connectivity index (χ3v) is 0. The molecule has 1 nitrogen and oxygen atoms in total. The van der Waals surface area contributed by atoms with Gasteiger partial charge in [-0.15, -0.1) is 0 Å². The van der Waals surface area contributed by atoms with Gasteiger partial charge in [-0.2, -0.15) is 0 Å². The molecular formula is C3H4FN. The van der Waals surface area contributed by atoms with Gasteiger partial charge in [0.2, 0.25) is 0 Å². The number of hydrogen-bond acceptors (Lipinski definition) is 1. The minimum absolute atomic E-state index is 0.250. The van der Waals surface area contributed by atoms with Crippen LogP contribution in [0.3, 0.4) is 0 Å². The molecule has 0 spiro atoms. The van der Waals surface area contributed by atoms with Gasteiger partial charge in [-0.3, -0.25) is 0 Å². The molecule has 0 aromatic carbocycles. The van der Waals surface area contributed by atoms with Crippen molar-refractivity contribution in [2.45, 2.75) is 0 Å². The number of hydrogen-bond donors (Lipinski definition) is 0. The van der Waals surface area contributed by atoms with Gasteiger partial charge in [0.1, 0.15) is 0 Å². The summed E-state index contributed by atoms with van der Waals surface area (Å²) < 4.78 is 10.1. The van der Waals surface area contributed by atoms with Crippen molar-refractivity contribution in [3.8, 4) is 6.57 Å². The number of rotatable bonds is 0. The number of nitriles is 1. The molecule has 0 saturated heterocycles. The van der Waals surface area contributed by atoms with Gasteiger partial charge in [-0.25, -0.2) is 9.65 Å². The Hall–Kier alpha value is -0.840. The van der Waals surface area contributed by atoms with E-state index in [-0.39, 0.29) is 6.33 Å². The standard InChI is InChI=1S/C2H3F.CHN/c1-2-3;1-2/h2H,1H2;1H. The molecule has 0 radical (unpaired) electrons. The van der Waals surface area contributed by atoms with Crippen LogP contribution in [0.1, 0.15) is 0 Å². The summed E-state index contributed by atoms with van der Waals surface area (Å²) in [5.74, 6) is 0. The van der Waals surface area contributed by atoms with Crippen molar-refractivity contribution in [3.63, 3.8) is 0 Å². The van der Waals surface area contributed by atoms with Crippen LogP contribution in [0.4, 0.5) is 4.39 Å². The molecule has 0 aliphatic rings. The molecular weight excluding hydrogens is 69.0 g/mol. The summed E-state index contributed by atoms with van der Waals surface area (Å²) in [6.07, 6.45) is 0.250. The Balaban J connectivity index is 0. The third kappa shape index (κ3) is 6.03. The van der Waals surface area contributed by atoms with E-state index in [0.717, 1.165) is 0 Å². The first-order valence-corrected chi connectivity index (χ1v) is 0.885. The van der Waals surface area contributed by atoms with Crippen LogP contribution in [0.25, 0.3) is 0 Å². The van der Waals surface area contributed by atoms with Crippen LogP contribution < -0.4 is 0 Å². The lowest BCUT2D eigenvalue weighted by molar-refractivity contribution is 0.725. The molecule has 0 aromatic heterocycles. The highest BCUT2D eigenvalue weighted by Crippen LogP contribution is 1.48. The lowest BCUT2D eigenvalue weighted by atomic mass is 11.2. The van der Waals surface area contributed by atoms with Crippen molar-refractivity contribution in [3.05, 3.63) is 12.9 Å². The first-order valence-electron chi connectivity index (χ1n) is 0.885. The maximum Gasteiger partial charge on any atom is 0.0795 e. The molecule has 0 amide bonds. The Morgan fingerprint density at radius 3 is 1.80 bits per heavy atom. The van der Waals surface area contributed by atoms with E-state index in [4.69, 9.17) is 5.26 Å². The molecule has 0 atom stereocenters. The van der Waals surface area contributed by atoms with Crippen LogP contribution >= 0.6 is 0 Å². The van der Waals surface area contributed by atoms with Crippen molar-refractivity contribution in [1.29, 1.82) is 5.26 Å². The molecule has 28 valence electrons. The van der Waals surface area contributed by atoms with Gasteiger partial charge in [0, 0.05) is 6.57 Å². The zero-order valence-corrected chi connectivity index (χ0v) is 2.69. The molecule has 0 aliphatic carbocycles. The average molecular weight is 73.1 g/mol. The Labute approximate surface area is 30.3 Å². The third-order valence-electron chi connectivity index (χ3n) is 0. The molecule has 5 heavy (non-hydrogen) atoms. The van der Waals surface area contributed by atoms with Crippen molar-refractivity contribution in [1.82, 2.24) is 0 Å². The predicted molar refractivity (Wildman–Crippen MR) is 18.0 cm³/mol. The van der Waals surface area contributed by atoms with Crippen LogP contribution in [0.2, 0.25) is 0 Å². The quantitative estimate of drug-likeness (QED) is 0.423. The fraction of sp³-hybridized carbons (Fsp3) is 0. The topological polar surface area (TPSA) is 23.8 Å². The fourth-order valence-corrected chi connectivity index (χ4v) is 0. The van der Waals surface area contributed by atoms with E-state index in [1.54, 1.807) is 0 Å². The van der Waals surface area contributed by atoms with E-state index in [2.05, 4.69) is 13.2 Å². The molecule has 0 saturated carbocycles. The molecule has 0 N–H and O–H groups in total. The molecule has 0 unspecified atom stereocenters. The summed E-state index contributed by atoms with van der Waals surface area (Å²) in [6.45, 7) is 6.19. The van der Waals surface area contributed by atoms with Gasteiger partial charge in [-0.1, -0.05) is 6.58 Å². The summed E-state index contributed by atoms with van der Waals surface area (Å²) in [5.41, 5.74) is 0. The van der Waals surface area contributed by atoms with Crippen LogP contribution in [0.5, 0.6) is 0 Å².